The first-order chi connectivity index (χ1) is 6.30. The van der Waals surface area contributed by atoms with Gasteiger partial charge in [-0.15, -0.1) is 0 Å². The third-order valence-electron chi connectivity index (χ3n) is 2.52. The van der Waals surface area contributed by atoms with E-state index < -0.39 is 35.9 Å². The summed E-state index contributed by atoms with van der Waals surface area (Å²) >= 11 is 0. The van der Waals surface area contributed by atoms with Gasteiger partial charge in [0, 0.05) is 6.92 Å². The summed E-state index contributed by atoms with van der Waals surface area (Å²) in [6, 6.07) is -1.34. The number of aliphatic hydroxyl groups excluding tert-OH is 2. The molecule has 1 saturated heterocycles. The minimum atomic E-state index is -2.21. The van der Waals surface area contributed by atoms with Gasteiger partial charge in [-0.1, -0.05) is 0 Å². The van der Waals surface area contributed by atoms with Gasteiger partial charge >= 0.3 is 0 Å². The van der Waals surface area contributed by atoms with Gasteiger partial charge in [0.2, 0.25) is 5.79 Å². The predicted octanol–water partition coefficient (Wildman–Crippen LogP) is -2.27. The fourth-order valence-electron chi connectivity index (χ4n) is 1.47. The van der Waals surface area contributed by atoms with Crippen molar-refractivity contribution in [1.82, 2.24) is 0 Å². The van der Waals surface area contributed by atoms with E-state index in [4.69, 9.17) is 10.5 Å². The average Bonchev–Trinajstić information content (AvgIpc) is 2.11. The summed E-state index contributed by atoms with van der Waals surface area (Å²) in [4.78, 5) is 11.1. The van der Waals surface area contributed by atoms with Crippen molar-refractivity contribution in [1.29, 1.82) is 0 Å². The van der Waals surface area contributed by atoms with Crippen LogP contribution in [0.15, 0.2) is 0 Å². The molecule has 6 nitrogen and oxygen atoms in total. The Morgan fingerprint density at radius 2 is 1.93 bits per heavy atom. The van der Waals surface area contributed by atoms with Crippen LogP contribution in [0.3, 0.4) is 0 Å². The van der Waals surface area contributed by atoms with Gasteiger partial charge in [0.25, 0.3) is 0 Å². The van der Waals surface area contributed by atoms with Crippen molar-refractivity contribution in [3.8, 4) is 0 Å². The van der Waals surface area contributed by atoms with E-state index in [1.807, 2.05) is 0 Å². The maximum Gasteiger partial charge on any atom is 0.244 e. The van der Waals surface area contributed by atoms with E-state index in [0.29, 0.717) is 0 Å². The number of carbonyl (C=O) groups excluding carboxylic acids is 1. The number of ketones is 1. The van der Waals surface area contributed by atoms with Crippen LogP contribution in [0.4, 0.5) is 0 Å². The monoisotopic (exact) mass is 205 g/mol. The zero-order valence-electron chi connectivity index (χ0n) is 8.04. The van der Waals surface area contributed by atoms with E-state index in [-0.39, 0.29) is 0 Å². The number of rotatable bonds is 1. The predicted molar refractivity (Wildman–Crippen MR) is 46.2 cm³/mol. The van der Waals surface area contributed by atoms with Crippen LogP contribution in [-0.2, 0) is 9.53 Å². The molecule has 0 amide bonds. The summed E-state index contributed by atoms with van der Waals surface area (Å²) in [5, 5.41) is 28.5. The standard InChI is InChI=1S/C8H15NO5/c1-3-5(11)6(12)7(9)8(13,14-3)4(2)10/h3,5-7,11-13H,9H2,1-2H3/t3-,5+,6+,7-,8?/m0/s1. The van der Waals surface area contributed by atoms with Gasteiger partial charge in [-0.25, -0.2) is 0 Å². The van der Waals surface area contributed by atoms with Gasteiger partial charge in [0.05, 0.1) is 12.1 Å². The van der Waals surface area contributed by atoms with Crippen LogP contribution in [0.1, 0.15) is 13.8 Å². The molecule has 0 aromatic rings. The SMILES string of the molecule is CC(=O)C1(O)O[C@@H](C)[C@@H](O)[C@@H](O)[C@@H]1N. The van der Waals surface area contributed by atoms with Crippen LogP contribution in [0.5, 0.6) is 0 Å². The lowest BCUT2D eigenvalue weighted by Gasteiger charge is -2.44. The van der Waals surface area contributed by atoms with Crippen LogP contribution in [0, 0.1) is 0 Å². The zero-order chi connectivity index (χ0) is 11.1. The third kappa shape index (κ3) is 1.55. The third-order valence-corrected chi connectivity index (χ3v) is 2.52. The highest BCUT2D eigenvalue weighted by atomic mass is 16.6. The highest BCUT2D eigenvalue weighted by molar-refractivity contribution is 5.84. The van der Waals surface area contributed by atoms with Gasteiger partial charge in [-0.05, 0) is 6.92 Å². The number of hydrogen-bond donors (Lipinski definition) is 4. The molecule has 0 spiro atoms. The smallest absolute Gasteiger partial charge is 0.244 e. The minimum absolute atomic E-state index is 0.692. The highest BCUT2D eigenvalue weighted by Gasteiger charge is 2.53. The van der Waals surface area contributed by atoms with E-state index in [1.165, 1.54) is 6.92 Å². The Morgan fingerprint density at radius 3 is 2.36 bits per heavy atom. The number of carbonyl (C=O) groups is 1. The summed E-state index contributed by atoms with van der Waals surface area (Å²) in [5.74, 6) is -2.90. The Bertz CT molecular complexity index is 246. The number of ether oxygens (including phenoxy) is 1. The van der Waals surface area contributed by atoms with Gasteiger partial charge < -0.3 is 25.8 Å². The lowest BCUT2D eigenvalue weighted by molar-refractivity contribution is -0.288. The van der Waals surface area contributed by atoms with Crippen molar-refractivity contribution in [2.45, 2.75) is 44.0 Å². The second-order valence-electron chi connectivity index (χ2n) is 3.58. The molecule has 0 saturated carbocycles. The Hall–Kier alpha value is -0.530. The van der Waals surface area contributed by atoms with E-state index in [0.717, 1.165) is 6.92 Å². The molecule has 0 aromatic carbocycles. The van der Waals surface area contributed by atoms with E-state index in [1.54, 1.807) is 0 Å². The molecule has 0 aliphatic carbocycles. The second-order valence-corrected chi connectivity index (χ2v) is 3.58. The number of aliphatic hydroxyl groups is 3. The molecule has 1 unspecified atom stereocenters. The highest BCUT2D eigenvalue weighted by Crippen LogP contribution is 2.27. The fraction of sp³-hybridized carbons (Fsp3) is 0.875. The lowest BCUT2D eigenvalue weighted by Crippen LogP contribution is -2.69. The molecule has 0 aromatic heterocycles. The van der Waals surface area contributed by atoms with Crippen molar-refractivity contribution in [2.24, 2.45) is 5.73 Å². The van der Waals surface area contributed by atoms with Crippen LogP contribution < -0.4 is 5.73 Å². The first kappa shape index (κ1) is 11.5. The molecule has 1 fully saturated rings. The molecule has 6 heteroatoms. The second kappa shape index (κ2) is 3.56. The molecule has 5 atom stereocenters. The maximum absolute atomic E-state index is 11.1. The summed E-state index contributed by atoms with van der Waals surface area (Å²) in [5.41, 5.74) is 5.40. The molecule has 0 bridgehead atoms. The summed E-state index contributed by atoms with van der Waals surface area (Å²) < 4.78 is 4.90. The summed E-state index contributed by atoms with van der Waals surface area (Å²) in [7, 11) is 0. The Kier molecular flexibility index (Phi) is 2.93. The topological polar surface area (TPSA) is 113 Å². The van der Waals surface area contributed by atoms with E-state index in [9.17, 15) is 20.1 Å². The van der Waals surface area contributed by atoms with Crippen molar-refractivity contribution in [3.05, 3.63) is 0 Å². The zero-order valence-corrected chi connectivity index (χ0v) is 8.04. The van der Waals surface area contributed by atoms with Crippen molar-refractivity contribution in [3.63, 3.8) is 0 Å². The molecule has 1 rings (SSSR count). The quantitative estimate of drug-likeness (QED) is 0.384. The van der Waals surface area contributed by atoms with E-state index in [2.05, 4.69) is 0 Å². The largest absolute Gasteiger partial charge is 0.388 e. The Balaban J connectivity index is 2.96. The van der Waals surface area contributed by atoms with Crippen molar-refractivity contribution in [2.75, 3.05) is 0 Å². The number of hydrogen-bond acceptors (Lipinski definition) is 6. The molecule has 1 aliphatic rings. The van der Waals surface area contributed by atoms with Crippen LogP contribution in [0.25, 0.3) is 0 Å². The van der Waals surface area contributed by atoms with Gasteiger partial charge in [0.15, 0.2) is 5.78 Å². The first-order valence-electron chi connectivity index (χ1n) is 4.33. The van der Waals surface area contributed by atoms with Crippen LogP contribution in [-0.4, -0.2) is 51.2 Å². The fourth-order valence-corrected chi connectivity index (χ4v) is 1.47. The van der Waals surface area contributed by atoms with Gasteiger partial charge in [0.1, 0.15) is 12.2 Å². The maximum atomic E-state index is 11.1. The molecular formula is C8H15NO5. The molecule has 14 heavy (non-hydrogen) atoms. The molecule has 5 N–H and O–H groups in total. The molecule has 1 aliphatic heterocycles. The minimum Gasteiger partial charge on any atom is -0.388 e. The normalized spacial score (nSPS) is 49.0. The van der Waals surface area contributed by atoms with Crippen LogP contribution >= 0.6 is 0 Å². The van der Waals surface area contributed by atoms with Gasteiger partial charge in [-0.2, -0.15) is 0 Å². The van der Waals surface area contributed by atoms with Crippen molar-refractivity contribution >= 4 is 5.78 Å². The average molecular weight is 205 g/mol. The molecule has 0 radical (unpaired) electrons. The lowest BCUT2D eigenvalue weighted by atomic mass is 9.89. The molecule has 1 heterocycles. The Morgan fingerprint density at radius 1 is 1.43 bits per heavy atom. The van der Waals surface area contributed by atoms with Crippen molar-refractivity contribution < 1.29 is 24.9 Å². The molecular weight excluding hydrogens is 190 g/mol. The summed E-state index contributed by atoms with van der Waals surface area (Å²) in [6.45, 7) is 2.55. The number of nitrogens with two attached hydrogens (primary N) is 1. The van der Waals surface area contributed by atoms with Gasteiger partial charge in [-0.3, -0.25) is 4.79 Å². The number of Topliss-reactive ketones (excluding diaryl/α,β-unsaturated/α-hetero) is 1. The Labute approximate surface area is 81.3 Å². The van der Waals surface area contributed by atoms with E-state index >= 15 is 0 Å². The summed E-state index contributed by atoms with van der Waals surface area (Å²) in [6.07, 6.45) is -3.43. The van der Waals surface area contributed by atoms with Crippen LogP contribution in [0.2, 0.25) is 0 Å². The first-order valence-corrected chi connectivity index (χ1v) is 4.33. The molecule has 82 valence electrons.